The normalized spacial score (nSPS) is 10.4. The van der Waals surface area contributed by atoms with Crippen molar-refractivity contribution in [1.82, 2.24) is 9.78 Å². The summed E-state index contributed by atoms with van der Waals surface area (Å²) in [6.45, 7) is 0.245. The first-order valence-electron chi connectivity index (χ1n) is 5.56. The number of hydrogen-bond acceptors (Lipinski definition) is 5. The number of carbonyl (C=O) groups is 1. The van der Waals surface area contributed by atoms with E-state index in [1.807, 2.05) is 0 Å². The molecule has 0 bridgehead atoms. The molecule has 19 heavy (non-hydrogen) atoms. The number of phenolic OH excluding ortho intramolecular Hbond substituents is 2. The number of anilines is 1. The van der Waals surface area contributed by atoms with Gasteiger partial charge in [0.05, 0.1) is 0 Å². The highest BCUT2D eigenvalue weighted by Gasteiger charge is 2.13. The smallest absolute Gasteiger partial charge is 0.257 e. The van der Waals surface area contributed by atoms with Crippen molar-refractivity contribution in [3.05, 3.63) is 35.5 Å². The lowest BCUT2D eigenvalue weighted by Gasteiger charge is -2.05. The molecule has 0 fully saturated rings. The van der Waals surface area contributed by atoms with E-state index < -0.39 is 5.91 Å². The molecule has 0 aliphatic heterocycles. The van der Waals surface area contributed by atoms with Gasteiger partial charge in [0.15, 0.2) is 5.82 Å². The second kappa shape index (κ2) is 4.99. The van der Waals surface area contributed by atoms with Gasteiger partial charge in [0, 0.05) is 37.0 Å². The molecule has 0 atom stereocenters. The highest BCUT2D eigenvalue weighted by Crippen LogP contribution is 2.21. The molecule has 2 aromatic rings. The molecular weight excluding hydrogens is 248 g/mol. The SMILES string of the molecule is Cn1cc(CN)c(NC(=O)c2cc(O)cc(O)c2)n1. The number of nitrogens with one attached hydrogen (secondary N) is 1. The van der Waals surface area contributed by atoms with E-state index in [0.717, 1.165) is 6.07 Å². The summed E-state index contributed by atoms with van der Waals surface area (Å²) in [6, 6.07) is 3.64. The zero-order valence-electron chi connectivity index (χ0n) is 10.3. The minimum atomic E-state index is -0.486. The number of nitrogens with zero attached hydrogens (tertiary/aromatic N) is 2. The summed E-state index contributed by atoms with van der Waals surface area (Å²) in [6.07, 6.45) is 1.70. The lowest BCUT2D eigenvalue weighted by atomic mass is 10.2. The number of phenols is 2. The zero-order valence-corrected chi connectivity index (χ0v) is 10.3. The summed E-state index contributed by atoms with van der Waals surface area (Å²) >= 11 is 0. The van der Waals surface area contributed by atoms with Crippen LogP contribution in [0.15, 0.2) is 24.4 Å². The van der Waals surface area contributed by atoms with Gasteiger partial charge in [0.2, 0.25) is 0 Å². The largest absolute Gasteiger partial charge is 0.508 e. The van der Waals surface area contributed by atoms with E-state index in [0.29, 0.717) is 11.4 Å². The summed E-state index contributed by atoms with van der Waals surface area (Å²) in [4.78, 5) is 12.0. The quantitative estimate of drug-likeness (QED) is 0.644. The van der Waals surface area contributed by atoms with Crippen molar-refractivity contribution in [2.24, 2.45) is 12.8 Å². The number of carbonyl (C=O) groups excluding carboxylic acids is 1. The summed E-state index contributed by atoms with van der Waals surface area (Å²) in [7, 11) is 1.72. The second-order valence-corrected chi connectivity index (χ2v) is 4.07. The Hall–Kier alpha value is -2.54. The maximum Gasteiger partial charge on any atom is 0.257 e. The molecular formula is C12H14N4O3. The number of hydrogen-bond donors (Lipinski definition) is 4. The van der Waals surface area contributed by atoms with E-state index in [2.05, 4.69) is 10.4 Å². The Morgan fingerprint density at radius 2 is 2.00 bits per heavy atom. The Morgan fingerprint density at radius 1 is 1.37 bits per heavy atom. The van der Waals surface area contributed by atoms with Gasteiger partial charge in [-0.2, -0.15) is 5.10 Å². The summed E-state index contributed by atoms with van der Waals surface area (Å²) in [5, 5.41) is 25.3. The van der Waals surface area contributed by atoms with Crippen LogP contribution in [0.5, 0.6) is 11.5 Å². The summed E-state index contributed by atoms with van der Waals surface area (Å²) in [5.74, 6) is -0.507. The topological polar surface area (TPSA) is 113 Å². The van der Waals surface area contributed by atoms with Crippen LogP contribution in [0, 0.1) is 0 Å². The number of benzene rings is 1. The van der Waals surface area contributed by atoms with E-state index in [1.54, 1.807) is 13.2 Å². The minimum Gasteiger partial charge on any atom is -0.508 e. The van der Waals surface area contributed by atoms with Crippen LogP contribution in [-0.2, 0) is 13.6 Å². The average molecular weight is 262 g/mol. The Morgan fingerprint density at radius 3 is 2.58 bits per heavy atom. The first-order valence-corrected chi connectivity index (χ1v) is 5.56. The average Bonchev–Trinajstić information content (AvgIpc) is 2.68. The number of nitrogens with two attached hydrogens (primary N) is 1. The van der Waals surface area contributed by atoms with Crippen LogP contribution in [0.4, 0.5) is 5.82 Å². The van der Waals surface area contributed by atoms with Gasteiger partial charge >= 0.3 is 0 Å². The molecule has 7 nitrogen and oxygen atoms in total. The number of rotatable bonds is 3. The number of aryl methyl sites for hydroxylation is 1. The van der Waals surface area contributed by atoms with Gasteiger partial charge < -0.3 is 21.3 Å². The molecule has 0 saturated heterocycles. The number of aromatic nitrogens is 2. The molecule has 0 spiro atoms. The Kier molecular flexibility index (Phi) is 3.39. The summed E-state index contributed by atoms with van der Waals surface area (Å²) in [5.41, 5.74) is 6.37. The van der Waals surface area contributed by atoms with Crippen LogP contribution >= 0.6 is 0 Å². The molecule has 1 aromatic heterocycles. The molecule has 1 heterocycles. The van der Waals surface area contributed by atoms with Crippen LogP contribution in [0.25, 0.3) is 0 Å². The molecule has 0 unspecified atom stereocenters. The predicted molar refractivity (Wildman–Crippen MR) is 68.8 cm³/mol. The Labute approximate surface area is 109 Å². The van der Waals surface area contributed by atoms with Crippen LogP contribution in [0.2, 0.25) is 0 Å². The van der Waals surface area contributed by atoms with Gasteiger partial charge in [-0.1, -0.05) is 0 Å². The van der Waals surface area contributed by atoms with Gasteiger partial charge in [-0.15, -0.1) is 0 Å². The Balaban J connectivity index is 2.25. The van der Waals surface area contributed by atoms with Gasteiger partial charge in [0.1, 0.15) is 11.5 Å². The molecule has 2 rings (SSSR count). The third-order valence-electron chi connectivity index (χ3n) is 2.52. The van der Waals surface area contributed by atoms with Crippen molar-refractivity contribution in [2.45, 2.75) is 6.54 Å². The second-order valence-electron chi connectivity index (χ2n) is 4.07. The molecule has 0 aliphatic rings. The van der Waals surface area contributed by atoms with E-state index in [-0.39, 0.29) is 23.6 Å². The third kappa shape index (κ3) is 2.83. The fourth-order valence-electron chi connectivity index (χ4n) is 1.70. The van der Waals surface area contributed by atoms with Crippen LogP contribution < -0.4 is 11.1 Å². The predicted octanol–water partition coefficient (Wildman–Crippen LogP) is 0.542. The number of amides is 1. The van der Waals surface area contributed by atoms with E-state index >= 15 is 0 Å². The van der Waals surface area contributed by atoms with Crippen molar-refractivity contribution in [3.63, 3.8) is 0 Å². The van der Waals surface area contributed by atoms with Crippen LogP contribution in [0.1, 0.15) is 15.9 Å². The van der Waals surface area contributed by atoms with Gasteiger partial charge in [-0.25, -0.2) is 0 Å². The highest BCUT2D eigenvalue weighted by molar-refractivity contribution is 6.04. The maximum atomic E-state index is 12.0. The van der Waals surface area contributed by atoms with Gasteiger partial charge in [0.25, 0.3) is 5.91 Å². The molecule has 0 saturated carbocycles. The highest BCUT2D eigenvalue weighted by atomic mass is 16.3. The number of aromatic hydroxyl groups is 2. The van der Waals surface area contributed by atoms with Crippen LogP contribution in [-0.4, -0.2) is 25.9 Å². The van der Waals surface area contributed by atoms with Gasteiger partial charge in [-0.05, 0) is 12.1 Å². The third-order valence-corrected chi connectivity index (χ3v) is 2.52. The molecule has 0 aliphatic carbocycles. The Bertz CT molecular complexity index is 601. The first kappa shape index (κ1) is 12.9. The minimum absolute atomic E-state index is 0.131. The van der Waals surface area contributed by atoms with Crippen molar-refractivity contribution in [2.75, 3.05) is 5.32 Å². The molecule has 1 amide bonds. The summed E-state index contributed by atoms with van der Waals surface area (Å²) < 4.78 is 1.54. The first-order chi connectivity index (χ1) is 8.99. The fourth-order valence-corrected chi connectivity index (χ4v) is 1.70. The van der Waals surface area contributed by atoms with E-state index in [4.69, 9.17) is 5.73 Å². The molecule has 7 heteroatoms. The molecule has 0 radical (unpaired) electrons. The van der Waals surface area contributed by atoms with Crippen LogP contribution in [0.3, 0.4) is 0 Å². The van der Waals surface area contributed by atoms with E-state index in [9.17, 15) is 15.0 Å². The fraction of sp³-hybridized carbons (Fsp3) is 0.167. The molecule has 100 valence electrons. The standard InChI is InChI=1S/C12H14N4O3/c1-16-6-8(5-13)11(15-16)14-12(19)7-2-9(17)4-10(18)3-7/h2-4,6,17-18H,5,13H2,1H3,(H,14,15,19). The van der Waals surface area contributed by atoms with Crippen molar-refractivity contribution < 1.29 is 15.0 Å². The zero-order chi connectivity index (χ0) is 14.0. The van der Waals surface area contributed by atoms with Crippen molar-refractivity contribution >= 4 is 11.7 Å². The van der Waals surface area contributed by atoms with E-state index in [1.165, 1.54) is 16.8 Å². The van der Waals surface area contributed by atoms with Gasteiger partial charge in [-0.3, -0.25) is 9.48 Å². The molecule has 5 N–H and O–H groups in total. The van der Waals surface area contributed by atoms with Crippen molar-refractivity contribution in [1.29, 1.82) is 0 Å². The molecule has 1 aromatic carbocycles. The maximum absolute atomic E-state index is 12.0. The lowest BCUT2D eigenvalue weighted by Crippen LogP contribution is -2.14. The van der Waals surface area contributed by atoms with Crippen molar-refractivity contribution in [3.8, 4) is 11.5 Å². The monoisotopic (exact) mass is 262 g/mol. The lowest BCUT2D eigenvalue weighted by molar-refractivity contribution is 0.102.